The molecule has 0 saturated carbocycles. The van der Waals surface area contributed by atoms with Gasteiger partial charge in [-0.3, -0.25) is 9.88 Å². The van der Waals surface area contributed by atoms with Crippen molar-refractivity contribution in [1.82, 2.24) is 13.5 Å². The van der Waals surface area contributed by atoms with E-state index in [4.69, 9.17) is 4.74 Å². The summed E-state index contributed by atoms with van der Waals surface area (Å²) in [4.78, 5) is 6.95. The number of aromatic hydroxyl groups is 1. The van der Waals surface area contributed by atoms with Crippen molar-refractivity contribution in [3.8, 4) is 17.1 Å². The van der Waals surface area contributed by atoms with Crippen LogP contribution in [-0.2, 0) is 11.3 Å². The molecule has 0 unspecified atom stereocenters. The van der Waals surface area contributed by atoms with E-state index in [0.717, 1.165) is 55.0 Å². The average molecular weight is 388 g/mol. The van der Waals surface area contributed by atoms with Gasteiger partial charge in [-0.2, -0.15) is 0 Å². The normalized spacial score (nSPS) is 15.9. The van der Waals surface area contributed by atoms with Crippen LogP contribution in [0.4, 0.5) is 0 Å². The van der Waals surface area contributed by atoms with Gasteiger partial charge in [0.2, 0.25) is 5.88 Å². The van der Waals surface area contributed by atoms with Gasteiger partial charge >= 0.3 is 0 Å². The van der Waals surface area contributed by atoms with E-state index in [1.54, 1.807) is 3.59 Å². The summed E-state index contributed by atoms with van der Waals surface area (Å²) in [6, 6.07) is 11.9. The minimum absolute atomic E-state index is 0.171. The van der Waals surface area contributed by atoms with Crippen LogP contribution >= 0.6 is 16.1 Å². The standard InChI is InChI=1S/C18H18BrN3O2/c19-22-16-4-2-1-3-14(16)17(18(22)23)15-6-5-13(11-20-15)12-21-7-9-24-10-8-21/h1-6,11,23H,7-10,12H2. The smallest absolute Gasteiger partial charge is 0.212 e. The molecule has 0 amide bonds. The fraction of sp³-hybridized carbons (Fsp3) is 0.278. The summed E-state index contributed by atoms with van der Waals surface area (Å²) >= 11 is 3.40. The highest BCUT2D eigenvalue weighted by Crippen LogP contribution is 2.39. The number of aromatic nitrogens is 2. The first-order valence-corrected chi connectivity index (χ1v) is 8.69. The monoisotopic (exact) mass is 387 g/mol. The number of nitrogens with zero attached hydrogens (tertiary/aromatic N) is 3. The number of hydrogen-bond donors (Lipinski definition) is 1. The Balaban J connectivity index is 1.64. The molecule has 24 heavy (non-hydrogen) atoms. The van der Waals surface area contributed by atoms with Crippen molar-refractivity contribution in [3.63, 3.8) is 0 Å². The van der Waals surface area contributed by atoms with Gasteiger partial charge in [0.25, 0.3) is 0 Å². The fourth-order valence-corrected chi connectivity index (χ4v) is 3.61. The molecule has 1 aromatic carbocycles. The third kappa shape index (κ3) is 2.81. The third-order valence-electron chi connectivity index (χ3n) is 4.39. The first-order valence-electron chi connectivity index (χ1n) is 7.98. The first-order chi connectivity index (χ1) is 11.7. The molecule has 0 aliphatic carbocycles. The highest BCUT2D eigenvalue weighted by atomic mass is 79.9. The van der Waals surface area contributed by atoms with Crippen LogP contribution < -0.4 is 0 Å². The third-order valence-corrected chi connectivity index (χ3v) is 5.10. The number of pyridine rings is 1. The molecule has 1 N–H and O–H groups in total. The quantitative estimate of drug-likeness (QED) is 0.747. The lowest BCUT2D eigenvalue weighted by Crippen LogP contribution is -2.35. The van der Waals surface area contributed by atoms with Crippen LogP contribution in [0.3, 0.4) is 0 Å². The number of morpholine rings is 1. The highest BCUT2D eigenvalue weighted by molar-refractivity contribution is 9.08. The number of hydrogen-bond acceptors (Lipinski definition) is 4. The van der Waals surface area contributed by atoms with Crippen LogP contribution in [0.25, 0.3) is 22.2 Å². The molecule has 4 rings (SSSR count). The highest BCUT2D eigenvalue weighted by Gasteiger charge is 2.18. The van der Waals surface area contributed by atoms with E-state index < -0.39 is 0 Å². The van der Waals surface area contributed by atoms with Crippen LogP contribution in [-0.4, -0.2) is 44.9 Å². The van der Waals surface area contributed by atoms with Gasteiger partial charge in [0.1, 0.15) is 0 Å². The van der Waals surface area contributed by atoms with E-state index in [1.165, 1.54) is 5.56 Å². The maximum Gasteiger partial charge on any atom is 0.212 e. The summed E-state index contributed by atoms with van der Waals surface area (Å²) in [5.41, 5.74) is 3.61. The minimum Gasteiger partial charge on any atom is -0.493 e. The van der Waals surface area contributed by atoms with Crippen molar-refractivity contribution in [2.45, 2.75) is 6.54 Å². The number of halogens is 1. The zero-order chi connectivity index (χ0) is 16.5. The molecular weight excluding hydrogens is 370 g/mol. The first kappa shape index (κ1) is 15.6. The SMILES string of the molecule is Oc1c(-c2ccc(CN3CCOCC3)cn2)c2ccccc2n1Br. The van der Waals surface area contributed by atoms with Crippen LogP contribution in [0.1, 0.15) is 5.56 Å². The van der Waals surface area contributed by atoms with E-state index in [1.807, 2.05) is 36.5 Å². The largest absolute Gasteiger partial charge is 0.493 e. The summed E-state index contributed by atoms with van der Waals surface area (Å²) in [6.45, 7) is 4.39. The average Bonchev–Trinajstić information content (AvgIpc) is 2.88. The predicted molar refractivity (Wildman–Crippen MR) is 97.3 cm³/mol. The summed E-state index contributed by atoms with van der Waals surface area (Å²) in [5, 5.41) is 11.4. The van der Waals surface area contributed by atoms with Crippen LogP contribution in [0, 0.1) is 0 Å². The van der Waals surface area contributed by atoms with Gasteiger partial charge in [-0.05, 0) is 17.7 Å². The lowest BCUT2D eigenvalue weighted by molar-refractivity contribution is 0.0341. The Morgan fingerprint density at radius 1 is 1.12 bits per heavy atom. The van der Waals surface area contributed by atoms with Crippen LogP contribution in [0.2, 0.25) is 0 Å². The van der Waals surface area contributed by atoms with Gasteiger partial charge in [0, 0.05) is 31.2 Å². The van der Waals surface area contributed by atoms with Gasteiger partial charge in [0.15, 0.2) is 0 Å². The van der Waals surface area contributed by atoms with Crippen molar-refractivity contribution >= 4 is 27.1 Å². The van der Waals surface area contributed by atoms with Crippen molar-refractivity contribution in [1.29, 1.82) is 0 Å². The second kappa shape index (κ2) is 6.55. The Morgan fingerprint density at radius 3 is 2.67 bits per heavy atom. The molecule has 5 nitrogen and oxygen atoms in total. The zero-order valence-electron chi connectivity index (χ0n) is 13.2. The molecule has 0 radical (unpaired) electrons. The molecule has 1 aliphatic rings. The molecule has 6 heteroatoms. The summed E-state index contributed by atoms with van der Waals surface area (Å²) in [7, 11) is 0. The Kier molecular flexibility index (Phi) is 4.26. The van der Waals surface area contributed by atoms with Gasteiger partial charge in [-0.25, -0.2) is 3.59 Å². The van der Waals surface area contributed by atoms with Crippen molar-refractivity contribution in [2.24, 2.45) is 0 Å². The molecule has 1 aliphatic heterocycles. The minimum atomic E-state index is 0.171. The van der Waals surface area contributed by atoms with Crippen molar-refractivity contribution in [2.75, 3.05) is 26.3 Å². The van der Waals surface area contributed by atoms with Gasteiger partial charge < -0.3 is 9.84 Å². The summed E-state index contributed by atoms with van der Waals surface area (Å²) < 4.78 is 6.99. The maximum absolute atomic E-state index is 10.5. The van der Waals surface area contributed by atoms with E-state index in [2.05, 4.69) is 32.1 Å². The molecule has 3 heterocycles. The lowest BCUT2D eigenvalue weighted by atomic mass is 10.1. The number of rotatable bonds is 3. The van der Waals surface area contributed by atoms with Crippen LogP contribution in [0.5, 0.6) is 5.88 Å². The maximum atomic E-state index is 10.5. The molecule has 0 spiro atoms. The number of benzene rings is 1. The molecule has 0 atom stereocenters. The number of fused-ring (bicyclic) bond motifs is 1. The summed E-state index contributed by atoms with van der Waals surface area (Å²) in [5.74, 6) is 0.171. The molecule has 124 valence electrons. The lowest BCUT2D eigenvalue weighted by Gasteiger charge is -2.26. The summed E-state index contributed by atoms with van der Waals surface area (Å²) in [6.07, 6.45) is 1.89. The van der Waals surface area contributed by atoms with Crippen molar-refractivity contribution < 1.29 is 9.84 Å². The topological polar surface area (TPSA) is 50.5 Å². The molecule has 1 fully saturated rings. The van der Waals surface area contributed by atoms with Gasteiger partial charge in [-0.1, -0.05) is 24.3 Å². The number of ether oxygens (including phenoxy) is 1. The Hall–Kier alpha value is -1.89. The van der Waals surface area contributed by atoms with Gasteiger partial charge in [0.05, 0.1) is 46.1 Å². The Bertz CT molecular complexity index is 855. The van der Waals surface area contributed by atoms with E-state index >= 15 is 0 Å². The molecule has 0 bridgehead atoms. The fourth-order valence-electron chi connectivity index (χ4n) is 3.12. The second-order valence-corrected chi connectivity index (χ2v) is 6.65. The van der Waals surface area contributed by atoms with Crippen molar-refractivity contribution in [3.05, 3.63) is 48.2 Å². The molecular formula is C18H18BrN3O2. The van der Waals surface area contributed by atoms with E-state index in [-0.39, 0.29) is 5.88 Å². The predicted octanol–water partition coefficient (Wildman–Crippen LogP) is 3.40. The number of para-hydroxylation sites is 1. The zero-order valence-corrected chi connectivity index (χ0v) is 14.7. The molecule has 3 aromatic rings. The van der Waals surface area contributed by atoms with E-state index in [9.17, 15) is 5.11 Å². The van der Waals surface area contributed by atoms with Crippen LogP contribution in [0.15, 0.2) is 42.6 Å². The van der Waals surface area contributed by atoms with E-state index in [0.29, 0.717) is 0 Å². The molecule has 1 saturated heterocycles. The second-order valence-electron chi connectivity index (χ2n) is 5.94. The Morgan fingerprint density at radius 2 is 1.92 bits per heavy atom. The van der Waals surface area contributed by atoms with Gasteiger partial charge in [-0.15, -0.1) is 0 Å². The Labute approximate surface area is 148 Å². The molecule has 2 aromatic heterocycles.